The van der Waals surface area contributed by atoms with Crippen LogP contribution in [0.4, 0.5) is 5.69 Å². The molecular formula is C22H25N5OS. The number of nitrogens with one attached hydrogen (secondary N) is 1. The van der Waals surface area contributed by atoms with Crippen molar-refractivity contribution >= 4 is 23.4 Å². The van der Waals surface area contributed by atoms with Crippen molar-refractivity contribution in [3.8, 4) is 11.5 Å². The number of amides is 1. The van der Waals surface area contributed by atoms with E-state index in [1.807, 2.05) is 28.8 Å². The van der Waals surface area contributed by atoms with E-state index in [1.54, 1.807) is 12.3 Å². The number of anilines is 1. The average molecular weight is 408 g/mol. The summed E-state index contributed by atoms with van der Waals surface area (Å²) in [6, 6.07) is 11.8. The van der Waals surface area contributed by atoms with E-state index in [9.17, 15) is 4.79 Å². The largest absolute Gasteiger partial charge is 0.325 e. The van der Waals surface area contributed by atoms with Gasteiger partial charge in [0, 0.05) is 18.4 Å². The fraction of sp³-hybridized carbons (Fsp3) is 0.273. The SMILES string of the molecule is C=CCn1c(SCC(=O)Nc2c(CC)cccc2CC)nnc1-c1ccccn1. The number of aromatic nitrogens is 4. The second kappa shape index (κ2) is 10.0. The molecule has 3 rings (SSSR count). The zero-order chi connectivity index (χ0) is 20.6. The van der Waals surface area contributed by atoms with Crippen LogP contribution in [0.3, 0.4) is 0 Å². The van der Waals surface area contributed by atoms with Crippen LogP contribution in [0.25, 0.3) is 11.5 Å². The summed E-state index contributed by atoms with van der Waals surface area (Å²) in [6.07, 6.45) is 5.25. The van der Waals surface area contributed by atoms with E-state index in [0.29, 0.717) is 17.5 Å². The van der Waals surface area contributed by atoms with Gasteiger partial charge in [0.25, 0.3) is 0 Å². The van der Waals surface area contributed by atoms with Gasteiger partial charge in [0.2, 0.25) is 5.91 Å². The fourth-order valence-corrected chi connectivity index (χ4v) is 3.83. The zero-order valence-corrected chi connectivity index (χ0v) is 17.6. The van der Waals surface area contributed by atoms with Crippen LogP contribution in [-0.4, -0.2) is 31.4 Å². The van der Waals surface area contributed by atoms with Gasteiger partial charge < -0.3 is 5.32 Å². The molecule has 1 N–H and O–H groups in total. The van der Waals surface area contributed by atoms with Gasteiger partial charge in [0.1, 0.15) is 5.69 Å². The number of hydrogen-bond donors (Lipinski definition) is 1. The highest BCUT2D eigenvalue weighted by molar-refractivity contribution is 7.99. The highest BCUT2D eigenvalue weighted by Crippen LogP contribution is 2.25. The number of nitrogens with zero attached hydrogens (tertiary/aromatic N) is 4. The van der Waals surface area contributed by atoms with Crippen LogP contribution in [0.15, 0.2) is 60.4 Å². The number of pyridine rings is 1. The molecule has 0 saturated heterocycles. The number of para-hydroxylation sites is 1. The molecule has 1 amide bonds. The predicted molar refractivity (Wildman–Crippen MR) is 118 cm³/mol. The Balaban J connectivity index is 1.74. The van der Waals surface area contributed by atoms with E-state index in [2.05, 4.69) is 53.1 Å². The lowest BCUT2D eigenvalue weighted by atomic mass is 10.0. The summed E-state index contributed by atoms with van der Waals surface area (Å²) < 4.78 is 1.92. The Bertz CT molecular complexity index is 962. The molecule has 1 aromatic carbocycles. The quantitative estimate of drug-likeness (QED) is 0.421. The lowest BCUT2D eigenvalue weighted by Gasteiger charge is -2.14. The second-order valence-corrected chi connectivity index (χ2v) is 7.36. The molecule has 0 fully saturated rings. The van der Waals surface area contributed by atoms with Gasteiger partial charge in [0.15, 0.2) is 11.0 Å². The van der Waals surface area contributed by atoms with Crippen molar-refractivity contribution in [1.82, 2.24) is 19.7 Å². The Morgan fingerprint density at radius 1 is 1.14 bits per heavy atom. The van der Waals surface area contributed by atoms with E-state index in [-0.39, 0.29) is 11.7 Å². The molecule has 0 aliphatic heterocycles. The molecule has 0 radical (unpaired) electrons. The molecule has 2 heterocycles. The number of carbonyl (C=O) groups is 1. The van der Waals surface area contributed by atoms with Crippen molar-refractivity contribution in [1.29, 1.82) is 0 Å². The van der Waals surface area contributed by atoms with Crippen molar-refractivity contribution in [2.45, 2.75) is 38.4 Å². The number of aryl methyl sites for hydroxylation is 2. The van der Waals surface area contributed by atoms with E-state index in [1.165, 1.54) is 11.8 Å². The molecule has 150 valence electrons. The molecule has 7 heteroatoms. The van der Waals surface area contributed by atoms with Gasteiger partial charge in [-0.1, -0.05) is 56.0 Å². The Labute approximate surface area is 175 Å². The summed E-state index contributed by atoms with van der Waals surface area (Å²) in [4.78, 5) is 17.0. The third-order valence-electron chi connectivity index (χ3n) is 4.52. The molecule has 29 heavy (non-hydrogen) atoms. The number of rotatable bonds is 9. The molecule has 0 aliphatic rings. The summed E-state index contributed by atoms with van der Waals surface area (Å²) in [6.45, 7) is 8.55. The monoisotopic (exact) mass is 407 g/mol. The van der Waals surface area contributed by atoms with Crippen molar-refractivity contribution in [3.63, 3.8) is 0 Å². The summed E-state index contributed by atoms with van der Waals surface area (Å²) in [5, 5.41) is 12.3. The molecule has 0 atom stereocenters. The molecule has 0 bridgehead atoms. The maximum absolute atomic E-state index is 12.6. The van der Waals surface area contributed by atoms with Gasteiger partial charge in [-0.25, -0.2) is 0 Å². The van der Waals surface area contributed by atoms with Crippen LogP contribution in [0.1, 0.15) is 25.0 Å². The van der Waals surface area contributed by atoms with Crippen LogP contribution < -0.4 is 5.32 Å². The minimum absolute atomic E-state index is 0.0573. The van der Waals surface area contributed by atoms with Crippen LogP contribution in [0.5, 0.6) is 0 Å². The summed E-state index contributed by atoms with van der Waals surface area (Å²) >= 11 is 1.36. The van der Waals surface area contributed by atoms with Gasteiger partial charge >= 0.3 is 0 Å². The van der Waals surface area contributed by atoms with Crippen molar-refractivity contribution < 1.29 is 4.79 Å². The number of hydrogen-bond acceptors (Lipinski definition) is 5. The average Bonchev–Trinajstić information content (AvgIpc) is 3.16. The number of benzene rings is 1. The molecule has 2 aromatic heterocycles. The Morgan fingerprint density at radius 2 is 1.90 bits per heavy atom. The first-order valence-electron chi connectivity index (χ1n) is 9.66. The molecule has 0 saturated carbocycles. The normalized spacial score (nSPS) is 10.7. The minimum atomic E-state index is -0.0573. The Kier molecular flexibility index (Phi) is 7.19. The first-order chi connectivity index (χ1) is 14.2. The van der Waals surface area contributed by atoms with Gasteiger partial charge in [-0.05, 0) is 36.1 Å². The van der Waals surface area contributed by atoms with Gasteiger partial charge in [-0.3, -0.25) is 14.3 Å². The molecule has 0 unspecified atom stereocenters. The zero-order valence-electron chi connectivity index (χ0n) is 16.8. The third-order valence-corrected chi connectivity index (χ3v) is 5.48. The van der Waals surface area contributed by atoms with E-state index in [0.717, 1.165) is 35.3 Å². The third kappa shape index (κ3) is 4.92. The van der Waals surface area contributed by atoms with Crippen LogP contribution >= 0.6 is 11.8 Å². The topological polar surface area (TPSA) is 72.7 Å². The van der Waals surface area contributed by atoms with Gasteiger partial charge in [-0.15, -0.1) is 16.8 Å². The highest BCUT2D eigenvalue weighted by Gasteiger charge is 2.16. The summed E-state index contributed by atoms with van der Waals surface area (Å²) in [5.41, 5.74) is 3.97. The summed E-state index contributed by atoms with van der Waals surface area (Å²) in [5.74, 6) is 0.856. The Hall–Kier alpha value is -2.93. The predicted octanol–water partition coefficient (Wildman–Crippen LogP) is 4.38. The van der Waals surface area contributed by atoms with Crippen LogP contribution in [0, 0.1) is 0 Å². The fourth-order valence-electron chi connectivity index (χ4n) is 3.08. The smallest absolute Gasteiger partial charge is 0.234 e. The first kappa shape index (κ1) is 20.8. The standard InChI is InChI=1S/C22H25N5OS/c1-4-14-27-21(18-12-7-8-13-23-18)25-26-22(27)29-15-19(28)24-20-16(5-2)10-9-11-17(20)6-3/h4,7-13H,1,5-6,14-15H2,2-3H3,(H,24,28). The highest BCUT2D eigenvalue weighted by atomic mass is 32.2. The minimum Gasteiger partial charge on any atom is -0.325 e. The number of allylic oxidation sites excluding steroid dienone is 1. The Morgan fingerprint density at radius 3 is 2.52 bits per heavy atom. The van der Waals surface area contributed by atoms with Gasteiger partial charge in [0.05, 0.1) is 5.75 Å². The molecule has 3 aromatic rings. The molecule has 0 aliphatic carbocycles. The molecular weight excluding hydrogens is 382 g/mol. The van der Waals surface area contributed by atoms with Crippen molar-refractivity contribution in [3.05, 3.63) is 66.4 Å². The molecule has 6 nitrogen and oxygen atoms in total. The van der Waals surface area contributed by atoms with Gasteiger partial charge in [-0.2, -0.15) is 0 Å². The second-order valence-electron chi connectivity index (χ2n) is 6.42. The summed E-state index contributed by atoms with van der Waals surface area (Å²) in [7, 11) is 0. The van der Waals surface area contributed by atoms with Crippen molar-refractivity contribution in [2.24, 2.45) is 0 Å². The molecule has 0 spiro atoms. The number of thioether (sulfide) groups is 1. The van der Waals surface area contributed by atoms with E-state index in [4.69, 9.17) is 0 Å². The van der Waals surface area contributed by atoms with Crippen molar-refractivity contribution in [2.75, 3.05) is 11.1 Å². The van der Waals surface area contributed by atoms with E-state index >= 15 is 0 Å². The lowest BCUT2D eigenvalue weighted by Crippen LogP contribution is -2.17. The lowest BCUT2D eigenvalue weighted by molar-refractivity contribution is -0.113. The number of carbonyl (C=O) groups excluding carboxylic acids is 1. The van der Waals surface area contributed by atoms with E-state index < -0.39 is 0 Å². The first-order valence-corrected chi connectivity index (χ1v) is 10.6. The maximum atomic E-state index is 12.6. The van der Waals surface area contributed by atoms with Crippen LogP contribution in [-0.2, 0) is 24.2 Å². The van der Waals surface area contributed by atoms with Crippen LogP contribution in [0.2, 0.25) is 0 Å². The maximum Gasteiger partial charge on any atom is 0.234 e.